The van der Waals surface area contributed by atoms with Crippen molar-refractivity contribution in [3.8, 4) is 0 Å². The second-order valence-electron chi connectivity index (χ2n) is 8.12. The van der Waals surface area contributed by atoms with Gasteiger partial charge < -0.3 is 20.4 Å². The Hall–Kier alpha value is -3.16. The molecular weight excluding hydrogens is 422 g/mol. The van der Waals surface area contributed by atoms with E-state index in [0.29, 0.717) is 31.0 Å². The highest BCUT2D eigenvalue weighted by molar-refractivity contribution is 7.21. The summed E-state index contributed by atoms with van der Waals surface area (Å²) < 4.78 is 7.02. The zero-order valence-electron chi connectivity index (χ0n) is 17.7. The van der Waals surface area contributed by atoms with Crippen LogP contribution in [0.2, 0.25) is 0 Å². The molecule has 2 amide bonds. The molecule has 7 heteroatoms. The maximum Gasteiger partial charge on any atom is 0.259 e. The van der Waals surface area contributed by atoms with Gasteiger partial charge in [-0.05, 0) is 35.9 Å². The minimum Gasteiger partial charge on any atom is -0.370 e. The summed E-state index contributed by atoms with van der Waals surface area (Å²) in [6.07, 6.45) is 3.81. The van der Waals surface area contributed by atoms with E-state index in [1.54, 1.807) is 0 Å². The monoisotopic (exact) mass is 447 g/mol. The van der Waals surface area contributed by atoms with E-state index in [1.807, 2.05) is 47.5 Å². The number of ether oxygens (including phenoxy) is 1. The molecule has 1 fully saturated rings. The van der Waals surface area contributed by atoms with Gasteiger partial charge in [-0.2, -0.15) is 0 Å². The molecule has 0 aliphatic carbocycles. The van der Waals surface area contributed by atoms with Crippen LogP contribution < -0.4 is 5.73 Å². The van der Waals surface area contributed by atoms with Crippen molar-refractivity contribution in [2.45, 2.75) is 25.4 Å². The zero-order chi connectivity index (χ0) is 22.1. The number of primary amides is 1. The molecule has 0 bridgehead atoms. The van der Waals surface area contributed by atoms with Crippen LogP contribution in [0.5, 0.6) is 0 Å². The van der Waals surface area contributed by atoms with Crippen LogP contribution in [0.15, 0.2) is 54.7 Å². The number of aromatic amines is 1. The van der Waals surface area contributed by atoms with Crippen molar-refractivity contribution in [1.29, 1.82) is 0 Å². The van der Waals surface area contributed by atoms with E-state index < -0.39 is 5.91 Å². The SMILES string of the molecule is NC(=O)c1sc2ccccc2c1[C@H]1CN(C(=O)CCCc2c[nH]c3ccccc23)CCO1. The first-order valence-electron chi connectivity index (χ1n) is 10.9. The molecule has 164 valence electrons. The molecule has 0 spiro atoms. The molecule has 1 aliphatic heterocycles. The van der Waals surface area contributed by atoms with Crippen LogP contribution in [0.1, 0.15) is 39.7 Å². The summed E-state index contributed by atoms with van der Waals surface area (Å²) in [5, 5.41) is 2.19. The molecule has 4 aromatic rings. The lowest BCUT2D eigenvalue weighted by Gasteiger charge is -2.33. The second-order valence-corrected chi connectivity index (χ2v) is 9.17. The number of carbonyl (C=O) groups excluding carboxylic acids is 2. The van der Waals surface area contributed by atoms with Crippen molar-refractivity contribution >= 4 is 44.1 Å². The van der Waals surface area contributed by atoms with Gasteiger partial charge in [0.15, 0.2) is 0 Å². The summed E-state index contributed by atoms with van der Waals surface area (Å²) in [5.41, 5.74) is 8.84. The molecule has 2 aromatic carbocycles. The minimum absolute atomic E-state index is 0.123. The topological polar surface area (TPSA) is 88.4 Å². The van der Waals surface area contributed by atoms with Crippen LogP contribution in [0.25, 0.3) is 21.0 Å². The number of nitrogens with one attached hydrogen (secondary N) is 1. The maximum atomic E-state index is 13.0. The van der Waals surface area contributed by atoms with Crippen LogP contribution in [0, 0.1) is 0 Å². The number of rotatable bonds is 6. The van der Waals surface area contributed by atoms with Crippen LogP contribution in [-0.4, -0.2) is 41.4 Å². The average Bonchev–Trinajstić information content (AvgIpc) is 3.41. The van der Waals surface area contributed by atoms with Gasteiger partial charge in [-0.3, -0.25) is 9.59 Å². The first-order chi connectivity index (χ1) is 15.6. The van der Waals surface area contributed by atoms with Gasteiger partial charge in [0, 0.05) is 40.3 Å². The fourth-order valence-corrected chi connectivity index (χ4v) is 5.65. The highest BCUT2D eigenvalue weighted by Gasteiger charge is 2.30. The summed E-state index contributed by atoms with van der Waals surface area (Å²) in [6.45, 7) is 1.45. The summed E-state index contributed by atoms with van der Waals surface area (Å²) >= 11 is 1.39. The molecule has 2 aromatic heterocycles. The molecular formula is C25H25N3O3S. The van der Waals surface area contributed by atoms with E-state index in [-0.39, 0.29) is 12.0 Å². The Morgan fingerprint density at radius 3 is 2.75 bits per heavy atom. The predicted molar refractivity (Wildman–Crippen MR) is 127 cm³/mol. The average molecular weight is 448 g/mol. The maximum absolute atomic E-state index is 13.0. The second kappa shape index (κ2) is 8.76. The molecule has 3 N–H and O–H groups in total. The number of hydrogen-bond donors (Lipinski definition) is 2. The Morgan fingerprint density at radius 1 is 1.12 bits per heavy atom. The van der Waals surface area contributed by atoms with Crippen LogP contribution in [0.4, 0.5) is 0 Å². The number of fused-ring (bicyclic) bond motifs is 2. The lowest BCUT2D eigenvalue weighted by molar-refractivity contribution is -0.139. The summed E-state index contributed by atoms with van der Waals surface area (Å²) in [5.74, 6) is -0.328. The lowest BCUT2D eigenvalue weighted by Crippen LogP contribution is -2.42. The molecule has 5 rings (SSSR count). The van der Waals surface area contributed by atoms with Gasteiger partial charge >= 0.3 is 0 Å². The first-order valence-corrected chi connectivity index (χ1v) is 11.7. The largest absolute Gasteiger partial charge is 0.370 e. The molecule has 0 unspecified atom stereocenters. The normalized spacial score (nSPS) is 16.6. The predicted octanol–water partition coefficient (Wildman–Crippen LogP) is 4.40. The van der Waals surface area contributed by atoms with Gasteiger partial charge in [-0.15, -0.1) is 11.3 Å². The van der Waals surface area contributed by atoms with Gasteiger partial charge in [0.05, 0.1) is 18.0 Å². The van der Waals surface area contributed by atoms with Gasteiger partial charge in [0.25, 0.3) is 5.91 Å². The number of amides is 2. The fraction of sp³-hybridized carbons (Fsp3) is 0.280. The molecule has 1 aliphatic rings. The minimum atomic E-state index is -0.452. The van der Waals surface area contributed by atoms with Crippen molar-refractivity contribution in [2.24, 2.45) is 5.73 Å². The Morgan fingerprint density at radius 2 is 1.91 bits per heavy atom. The number of morpholine rings is 1. The number of aromatic nitrogens is 1. The number of hydrogen-bond acceptors (Lipinski definition) is 4. The van der Waals surface area contributed by atoms with Crippen LogP contribution in [-0.2, 0) is 16.0 Å². The van der Waals surface area contributed by atoms with Crippen LogP contribution in [0.3, 0.4) is 0 Å². The zero-order valence-corrected chi connectivity index (χ0v) is 18.5. The number of benzene rings is 2. The van der Waals surface area contributed by atoms with E-state index >= 15 is 0 Å². The molecule has 6 nitrogen and oxygen atoms in total. The fourth-order valence-electron chi connectivity index (χ4n) is 4.55. The van der Waals surface area contributed by atoms with Gasteiger partial charge in [0.2, 0.25) is 5.91 Å². The Labute approximate surface area is 190 Å². The number of H-pyrrole nitrogens is 1. The van der Waals surface area contributed by atoms with E-state index in [9.17, 15) is 9.59 Å². The third-order valence-corrected chi connectivity index (χ3v) is 7.31. The third-order valence-electron chi connectivity index (χ3n) is 6.11. The number of carbonyl (C=O) groups is 2. The number of thiophene rings is 1. The smallest absolute Gasteiger partial charge is 0.259 e. The van der Waals surface area contributed by atoms with Crippen molar-refractivity contribution in [1.82, 2.24) is 9.88 Å². The highest BCUT2D eigenvalue weighted by Crippen LogP contribution is 2.38. The molecule has 1 saturated heterocycles. The van der Waals surface area contributed by atoms with Crippen molar-refractivity contribution in [2.75, 3.05) is 19.7 Å². The molecule has 0 radical (unpaired) electrons. The number of aryl methyl sites for hydroxylation is 1. The number of para-hydroxylation sites is 1. The Kier molecular flexibility index (Phi) is 5.68. The summed E-state index contributed by atoms with van der Waals surface area (Å²) in [7, 11) is 0. The third kappa shape index (κ3) is 3.89. The quantitative estimate of drug-likeness (QED) is 0.459. The Balaban J connectivity index is 1.27. The number of nitrogens with zero attached hydrogens (tertiary/aromatic N) is 1. The standard InChI is InChI=1S/C25H25N3O3S/c26-25(30)24-23(18-8-2-4-10-21(18)32-24)20-15-28(12-13-31-20)22(29)11-5-6-16-14-27-19-9-3-1-7-17(16)19/h1-4,7-10,14,20,27H,5-6,11-13,15H2,(H2,26,30)/t20-/m1/s1. The van der Waals surface area contributed by atoms with Crippen LogP contribution >= 0.6 is 11.3 Å². The number of nitrogens with two attached hydrogens (primary N) is 1. The van der Waals surface area contributed by atoms with E-state index in [2.05, 4.69) is 17.1 Å². The van der Waals surface area contributed by atoms with Gasteiger partial charge in [-0.1, -0.05) is 36.4 Å². The highest BCUT2D eigenvalue weighted by atomic mass is 32.1. The summed E-state index contributed by atoms with van der Waals surface area (Å²) in [4.78, 5) is 30.7. The molecule has 32 heavy (non-hydrogen) atoms. The van der Waals surface area contributed by atoms with Crippen molar-refractivity contribution in [3.05, 3.63) is 70.7 Å². The van der Waals surface area contributed by atoms with E-state index in [4.69, 9.17) is 10.5 Å². The summed E-state index contributed by atoms with van der Waals surface area (Å²) in [6, 6.07) is 16.1. The van der Waals surface area contributed by atoms with Gasteiger partial charge in [-0.25, -0.2) is 0 Å². The molecule has 3 heterocycles. The van der Waals surface area contributed by atoms with Crippen molar-refractivity contribution < 1.29 is 14.3 Å². The first kappa shape index (κ1) is 20.7. The lowest BCUT2D eigenvalue weighted by atomic mass is 10.0. The Bertz CT molecular complexity index is 1290. The van der Waals surface area contributed by atoms with E-state index in [1.165, 1.54) is 22.3 Å². The molecule has 0 saturated carbocycles. The van der Waals surface area contributed by atoms with E-state index in [0.717, 1.165) is 34.0 Å². The van der Waals surface area contributed by atoms with Gasteiger partial charge in [0.1, 0.15) is 6.10 Å². The molecule has 1 atom stereocenters. The van der Waals surface area contributed by atoms with Crippen molar-refractivity contribution in [3.63, 3.8) is 0 Å².